The number of anilines is 1. The number of aromatic carboxylic acids is 1. The Morgan fingerprint density at radius 3 is 2.57 bits per heavy atom. The van der Waals surface area contributed by atoms with Crippen molar-refractivity contribution in [3.8, 4) is 34.3 Å². The third kappa shape index (κ3) is 7.54. The van der Waals surface area contributed by atoms with E-state index in [9.17, 15) is 19.1 Å². The second-order valence-electron chi connectivity index (χ2n) is 12.6. The minimum absolute atomic E-state index is 0.0784. The molecule has 4 aromatic rings. The fraction of sp³-hybridized carbons (Fsp3) is 0.256. The number of hydrogen-bond donors (Lipinski definition) is 2. The third-order valence-corrected chi connectivity index (χ3v) is 9.58. The number of nitrogens with zero attached hydrogens (tertiary/aromatic N) is 4. The molecule has 1 aliphatic carbocycles. The normalized spacial score (nSPS) is 11.1. The molecule has 260 valence electrons. The van der Waals surface area contributed by atoms with Gasteiger partial charge in [0.1, 0.15) is 31.5 Å². The number of carbonyl (C=O) groups excluding carboxylic acids is 1. The summed E-state index contributed by atoms with van der Waals surface area (Å²) in [6.45, 7) is 0.769. The summed E-state index contributed by atoms with van der Waals surface area (Å²) >= 11 is 1.19. The Bertz CT molecular complexity index is 2370. The van der Waals surface area contributed by atoms with Crippen LogP contribution in [-0.4, -0.2) is 63.3 Å². The van der Waals surface area contributed by atoms with E-state index in [1.165, 1.54) is 29.5 Å². The first-order chi connectivity index (χ1) is 24.5. The highest BCUT2D eigenvalue weighted by Gasteiger charge is 2.24. The lowest BCUT2D eigenvalue weighted by Crippen LogP contribution is -2.24. The number of unbranched alkanes of at least 4 members (excludes halogenated alkanes) is 3. The number of hydrogen-bond acceptors (Lipinski definition) is 8. The zero-order valence-electron chi connectivity index (χ0n) is 28.7. The van der Waals surface area contributed by atoms with Crippen LogP contribution in [0.1, 0.15) is 51.4 Å². The van der Waals surface area contributed by atoms with Crippen LogP contribution >= 0.6 is 11.3 Å². The van der Waals surface area contributed by atoms with E-state index in [0.717, 1.165) is 41.3 Å². The molecular weight excluding hydrogens is 670 g/mol. The molecule has 0 bridgehead atoms. The van der Waals surface area contributed by atoms with Crippen molar-refractivity contribution >= 4 is 50.1 Å². The van der Waals surface area contributed by atoms with E-state index in [1.54, 1.807) is 12.1 Å². The van der Waals surface area contributed by atoms with Gasteiger partial charge in [0, 0.05) is 72.7 Å². The Hall–Kier alpha value is -5.80. The first-order valence-corrected chi connectivity index (χ1v) is 17.3. The van der Waals surface area contributed by atoms with Crippen LogP contribution in [0.15, 0.2) is 71.1 Å². The molecule has 0 unspecified atom stereocenters. The van der Waals surface area contributed by atoms with E-state index in [-0.39, 0.29) is 22.2 Å². The fourth-order valence-corrected chi connectivity index (χ4v) is 6.72. The molecule has 2 heterocycles. The highest BCUT2D eigenvalue weighted by Crippen LogP contribution is 2.42. The Morgan fingerprint density at radius 2 is 1.82 bits per heavy atom. The monoisotopic (exact) mass is 706 g/mol. The predicted molar refractivity (Wildman–Crippen MR) is 197 cm³/mol. The molecule has 12 heteroatoms. The number of carboxylic acid groups (broad SMARTS) is 1. The number of amides is 1. The van der Waals surface area contributed by atoms with Crippen LogP contribution in [0.3, 0.4) is 0 Å². The standard InChI is InChI=1S/C39H36FN5O5S/c1-44(2)24-10-13-27-32(18-24)50-33-19-25(45(3)4)11-14-28(33)37(27)29-17-23(9-12-26(29)39(47)48)38(46)42-15-7-5-6-8-16-49-34-21-35-31(20-30(34)40)43-36(22-41)51-35/h9-14,17-21H,5-8,15-16H2,1-4H3,(H-,42,46,47,48)/p+1. The molecule has 0 saturated heterocycles. The number of benzene rings is 4. The highest BCUT2D eigenvalue weighted by molar-refractivity contribution is 7.19. The second kappa shape index (κ2) is 15.0. The number of aromatic nitrogens is 1. The van der Waals surface area contributed by atoms with Gasteiger partial charge < -0.3 is 24.5 Å². The number of nitriles is 1. The lowest BCUT2D eigenvalue weighted by molar-refractivity contribution is 0.0697. The van der Waals surface area contributed by atoms with Crippen molar-refractivity contribution in [1.29, 1.82) is 5.26 Å². The topological polar surface area (TPSA) is 132 Å². The molecule has 1 amide bonds. The minimum atomic E-state index is -1.10. The molecule has 2 N–H and O–H groups in total. The lowest BCUT2D eigenvalue weighted by Gasteiger charge is -2.19. The number of ether oxygens (including phenoxy) is 1. The number of rotatable bonds is 12. The van der Waals surface area contributed by atoms with Crippen LogP contribution in [0.2, 0.25) is 0 Å². The third-order valence-electron chi connectivity index (χ3n) is 8.66. The van der Waals surface area contributed by atoms with Gasteiger partial charge in [0.25, 0.3) is 5.91 Å². The van der Waals surface area contributed by atoms with E-state index < -0.39 is 11.8 Å². The van der Waals surface area contributed by atoms with Crippen molar-refractivity contribution in [2.45, 2.75) is 25.7 Å². The van der Waals surface area contributed by atoms with Crippen molar-refractivity contribution in [3.63, 3.8) is 0 Å². The Labute approximate surface area is 298 Å². The SMILES string of the molecule is CN(C)c1ccc2c(-c3cc(C(=O)NCCCCCCOc4cc5sc(C#N)nc5cc4F)ccc3C(=O)O)c3ccc(=[N+](C)C)cc-3oc2c1. The maximum absolute atomic E-state index is 14.4. The molecule has 0 atom stereocenters. The van der Waals surface area contributed by atoms with Gasteiger partial charge in [0.2, 0.25) is 5.36 Å². The number of carboxylic acids is 1. The van der Waals surface area contributed by atoms with Crippen LogP contribution in [0.25, 0.3) is 43.6 Å². The summed E-state index contributed by atoms with van der Waals surface area (Å²) in [4.78, 5) is 31.9. The summed E-state index contributed by atoms with van der Waals surface area (Å²) in [6.07, 6.45) is 3.07. The van der Waals surface area contributed by atoms with Gasteiger partial charge in [-0.15, -0.1) is 11.3 Å². The Balaban J connectivity index is 1.15. The zero-order valence-corrected chi connectivity index (χ0v) is 29.6. The molecule has 1 aromatic heterocycles. The molecule has 0 radical (unpaired) electrons. The summed E-state index contributed by atoms with van der Waals surface area (Å²) in [5, 5.41) is 24.2. The van der Waals surface area contributed by atoms with Crippen LogP contribution in [-0.2, 0) is 0 Å². The maximum Gasteiger partial charge on any atom is 0.336 e. The van der Waals surface area contributed by atoms with Gasteiger partial charge in [0.05, 0.1) is 28.5 Å². The van der Waals surface area contributed by atoms with Gasteiger partial charge in [-0.3, -0.25) is 4.79 Å². The smallest absolute Gasteiger partial charge is 0.336 e. The van der Waals surface area contributed by atoms with Crippen molar-refractivity contribution in [2.75, 3.05) is 46.2 Å². The predicted octanol–water partition coefficient (Wildman–Crippen LogP) is 6.99. The number of fused-ring (bicyclic) bond motifs is 3. The second-order valence-corrected chi connectivity index (χ2v) is 13.6. The maximum atomic E-state index is 14.4. The van der Waals surface area contributed by atoms with E-state index >= 15 is 0 Å². The van der Waals surface area contributed by atoms with E-state index in [0.29, 0.717) is 57.8 Å². The van der Waals surface area contributed by atoms with Gasteiger partial charge in [-0.2, -0.15) is 5.26 Å². The van der Waals surface area contributed by atoms with Crippen molar-refractivity contribution < 1.29 is 28.2 Å². The first kappa shape index (κ1) is 35.0. The summed E-state index contributed by atoms with van der Waals surface area (Å²) in [5.41, 5.74) is 4.22. The van der Waals surface area contributed by atoms with Crippen molar-refractivity contribution in [2.24, 2.45) is 0 Å². The highest BCUT2D eigenvalue weighted by atomic mass is 32.1. The van der Waals surface area contributed by atoms with Gasteiger partial charge >= 0.3 is 5.97 Å². The molecule has 6 rings (SSSR count). The number of halogens is 1. The summed E-state index contributed by atoms with van der Waals surface area (Å²) in [5.74, 6) is -1.18. The summed E-state index contributed by atoms with van der Waals surface area (Å²) in [6, 6.07) is 21.1. The van der Waals surface area contributed by atoms with E-state index in [4.69, 9.17) is 14.4 Å². The molecule has 0 fully saturated rings. The molecule has 2 aliphatic rings. The van der Waals surface area contributed by atoms with Crippen LogP contribution in [0.5, 0.6) is 5.75 Å². The minimum Gasteiger partial charge on any atom is -0.490 e. The quantitative estimate of drug-likeness (QED) is 0.0791. The van der Waals surface area contributed by atoms with Crippen LogP contribution in [0.4, 0.5) is 10.1 Å². The molecular formula is C39H37FN5O5S+. The summed E-state index contributed by atoms with van der Waals surface area (Å²) in [7, 11) is 7.76. The Kier molecular flexibility index (Phi) is 10.3. The van der Waals surface area contributed by atoms with Crippen LogP contribution in [0, 0.1) is 17.1 Å². The van der Waals surface area contributed by atoms with E-state index in [1.807, 2.05) is 80.1 Å². The largest absolute Gasteiger partial charge is 0.490 e. The zero-order chi connectivity index (χ0) is 36.2. The molecule has 1 aliphatic heterocycles. The molecule has 10 nitrogen and oxygen atoms in total. The van der Waals surface area contributed by atoms with Crippen molar-refractivity contribution in [1.82, 2.24) is 14.9 Å². The number of thiazole rings is 1. The fourth-order valence-electron chi connectivity index (χ4n) is 5.95. The average molecular weight is 707 g/mol. The number of carbonyl (C=O) groups is 2. The molecule has 51 heavy (non-hydrogen) atoms. The van der Waals surface area contributed by atoms with Crippen LogP contribution < -0.4 is 24.9 Å². The lowest BCUT2D eigenvalue weighted by atomic mass is 9.89. The average Bonchev–Trinajstić information content (AvgIpc) is 3.52. The van der Waals surface area contributed by atoms with E-state index in [2.05, 4.69) is 10.3 Å². The van der Waals surface area contributed by atoms with Gasteiger partial charge in [-0.25, -0.2) is 18.7 Å². The van der Waals surface area contributed by atoms with Gasteiger partial charge in [0.15, 0.2) is 16.6 Å². The Morgan fingerprint density at radius 1 is 1.02 bits per heavy atom. The van der Waals surface area contributed by atoms with Gasteiger partial charge in [-0.1, -0.05) is 12.8 Å². The molecule has 0 saturated carbocycles. The first-order valence-electron chi connectivity index (χ1n) is 16.5. The number of nitrogens with one attached hydrogen (secondary N) is 1. The molecule has 0 spiro atoms. The van der Waals surface area contributed by atoms with Crippen molar-refractivity contribution in [3.05, 3.63) is 94.0 Å². The van der Waals surface area contributed by atoms with Gasteiger partial charge in [-0.05, 0) is 54.8 Å². The molecule has 3 aromatic carbocycles. The summed E-state index contributed by atoms with van der Waals surface area (Å²) < 4.78 is 29.1.